The van der Waals surface area contributed by atoms with Crippen LogP contribution in [0.25, 0.3) is 0 Å². The number of carbonyl (C=O) groups is 1. The summed E-state index contributed by atoms with van der Waals surface area (Å²) in [6.45, 7) is 16.4. The zero-order valence-corrected chi connectivity index (χ0v) is 33.7. The second-order valence-corrected chi connectivity index (χ2v) is 15.4. The van der Waals surface area contributed by atoms with Gasteiger partial charge in [-0.15, -0.1) is 0 Å². The molecule has 0 saturated carbocycles. The fourth-order valence-corrected chi connectivity index (χ4v) is 6.77. The van der Waals surface area contributed by atoms with Crippen LogP contribution in [0, 0.1) is 29.6 Å². The molecule has 0 aromatic heterocycles. The molecule has 16 atom stereocenters. The first-order chi connectivity index (χ1) is 25.1. The number of aliphatic hydroxyl groups is 10. The van der Waals surface area contributed by atoms with Crippen molar-refractivity contribution in [3.8, 4) is 0 Å². The van der Waals surface area contributed by atoms with E-state index in [2.05, 4.69) is 26.8 Å². The van der Waals surface area contributed by atoms with Gasteiger partial charge in [-0.25, -0.2) is 4.79 Å². The van der Waals surface area contributed by atoms with Gasteiger partial charge in [0, 0.05) is 23.3 Å². The Kier molecular flexibility index (Phi) is 22.1. The highest BCUT2D eigenvalue weighted by molar-refractivity contribution is 5.88. The smallest absolute Gasteiger partial charge is 0.333 e. The van der Waals surface area contributed by atoms with Crippen molar-refractivity contribution in [2.45, 2.75) is 149 Å². The molecule has 0 aromatic rings. The third-order valence-corrected chi connectivity index (χ3v) is 10.3. The first-order valence-corrected chi connectivity index (χ1v) is 19.0. The van der Waals surface area contributed by atoms with E-state index in [1.165, 1.54) is 13.0 Å². The lowest BCUT2D eigenvalue weighted by Gasteiger charge is -2.41. The summed E-state index contributed by atoms with van der Waals surface area (Å²) in [4.78, 5) is 12.6. The van der Waals surface area contributed by atoms with Crippen molar-refractivity contribution in [3.63, 3.8) is 0 Å². The van der Waals surface area contributed by atoms with Gasteiger partial charge < -0.3 is 65.3 Å². The minimum atomic E-state index is -1.71. The molecule has 1 fully saturated rings. The molecule has 0 aromatic carbocycles. The molecule has 0 unspecified atom stereocenters. The van der Waals surface area contributed by atoms with E-state index >= 15 is 0 Å². The van der Waals surface area contributed by atoms with Crippen molar-refractivity contribution in [3.05, 3.63) is 46.6 Å². The third-order valence-electron chi connectivity index (χ3n) is 10.3. The van der Waals surface area contributed by atoms with Gasteiger partial charge in [-0.05, 0) is 62.7 Å². The number of carbonyl (C=O) groups excluding carboxylic acids is 1. The second kappa shape index (κ2) is 23.9. The van der Waals surface area contributed by atoms with Crippen molar-refractivity contribution >= 4 is 5.97 Å². The maximum atomic E-state index is 12.6. The van der Waals surface area contributed by atoms with Crippen LogP contribution in [0.4, 0.5) is 0 Å². The highest BCUT2D eigenvalue weighted by Gasteiger charge is 2.45. The Morgan fingerprint density at radius 3 is 1.76 bits per heavy atom. The summed E-state index contributed by atoms with van der Waals surface area (Å²) in [5.41, 5.74) is 2.06. The molecule has 314 valence electrons. The fourth-order valence-electron chi connectivity index (χ4n) is 6.77. The van der Waals surface area contributed by atoms with Crippen molar-refractivity contribution in [2.75, 3.05) is 19.8 Å². The number of allylic oxidation sites excluding steroid dienone is 1. The molecule has 1 heterocycles. The predicted molar refractivity (Wildman–Crippen MR) is 202 cm³/mol. The normalized spacial score (nSPS) is 28.3. The van der Waals surface area contributed by atoms with Crippen molar-refractivity contribution in [1.82, 2.24) is 0 Å². The van der Waals surface area contributed by atoms with Gasteiger partial charge in [-0.1, -0.05) is 72.3 Å². The summed E-state index contributed by atoms with van der Waals surface area (Å²) < 4.78 is 17.1. The SMILES string of the molecule is CC[C@@H](C)C[C@@H](C)/C=C(\C)[C@@H](O[C@@H]1O[C@H](CO)[C@@H](O)[C@H](O)[C@@H]1O)[C@H](C)/C=C(\C)[C@H](O)[C@@H](C)/C=C(\C)[C@@H](O)[C@H](C)/C=C(\C)C(=O)O[C@H](CO)[C@H](O)[C@H](O)CO. The van der Waals surface area contributed by atoms with Crippen LogP contribution in [0.1, 0.15) is 82.1 Å². The molecule has 1 saturated heterocycles. The van der Waals surface area contributed by atoms with Gasteiger partial charge in [-0.2, -0.15) is 0 Å². The van der Waals surface area contributed by atoms with Gasteiger partial charge in [0.15, 0.2) is 12.4 Å². The minimum absolute atomic E-state index is 0.0819. The molecule has 1 rings (SSSR count). The molecule has 0 spiro atoms. The molecular formula is C40H70O14. The number of aliphatic hydroxyl groups excluding tert-OH is 10. The molecule has 0 amide bonds. The summed E-state index contributed by atoms with van der Waals surface area (Å²) in [6, 6.07) is 0. The molecule has 0 radical (unpaired) electrons. The first-order valence-electron chi connectivity index (χ1n) is 19.0. The van der Waals surface area contributed by atoms with Crippen LogP contribution < -0.4 is 0 Å². The highest BCUT2D eigenvalue weighted by Crippen LogP contribution is 2.30. The van der Waals surface area contributed by atoms with Crippen LogP contribution in [0.2, 0.25) is 0 Å². The van der Waals surface area contributed by atoms with Crippen LogP contribution in [-0.2, 0) is 19.0 Å². The van der Waals surface area contributed by atoms with Gasteiger partial charge in [0.25, 0.3) is 0 Å². The maximum absolute atomic E-state index is 12.6. The minimum Gasteiger partial charge on any atom is -0.454 e. The van der Waals surface area contributed by atoms with Gasteiger partial charge in [0.2, 0.25) is 0 Å². The zero-order chi connectivity index (χ0) is 41.6. The lowest BCUT2D eigenvalue weighted by Crippen LogP contribution is -2.60. The monoisotopic (exact) mass is 774 g/mol. The number of esters is 1. The topological polar surface area (TPSA) is 247 Å². The number of ether oxygens (including phenoxy) is 3. The van der Waals surface area contributed by atoms with Gasteiger partial charge in [-0.3, -0.25) is 0 Å². The van der Waals surface area contributed by atoms with E-state index in [0.29, 0.717) is 17.1 Å². The fraction of sp³-hybridized carbons (Fsp3) is 0.775. The van der Waals surface area contributed by atoms with Crippen molar-refractivity contribution < 1.29 is 70.1 Å². The molecule has 14 nitrogen and oxygen atoms in total. The Hall–Kier alpha value is -2.05. The lowest BCUT2D eigenvalue weighted by molar-refractivity contribution is -0.310. The Morgan fingerprint density at radius 2 is 1.26 bits per heavy atom. The van der Waals surface area contributed by atoms with Crippen molar-refractivity contribution in [2.24, 2.45) is 29.6 Å². The van der Waals surface area contributed by atoms with E-state index in [9.17, 15) is 50.8 Å². The number of hydrogen-bond acceptors (Lipinski definition) is 14. The first kappa shape index (κ1) is 50.0. The highest BCUT2D eigenvalue weighted by atomic mass is 16.7. The summed E-state index contributed by atoms with van der Waals surface area (Å²) in [7, 11) is 0. The van der Waals surface area contributed by atoms with E-state index in [-0.39, 0.29) is 17.4 Å². The average Bonchev–Trinajstić information content (AvgIpc) is 3.13. The summed E-state index contributed by atoms with van der Waals surface area (Å²) in [5, 5.41) is 102. The van der Waals surface area contributed by atoms with Gasteiger partial charge in [0.05, 0.1) is 38.1 Å². The largest absolute Gasteiger partial charge is 0.454 e. The van der Waals surface area contributed by atoms with E-state index in [1.807, 2.05) is 19.9 Å². The Labute approximate surface area is 321 Å². The van der Waals surface area contributed by atoms with E-state index in [0.717, 1.165) is 18.4 Å². The summed E-state index contributed by atoms with van der Waals surface area (Å²) >= 11 is 0. The molecule has 10 N–H and O–H groups in total. The standard InChI is InChI=1S/C40H70O14/c1-11-20(2)12-21(3)13-26(8)38(54-40-37(50)36(49)35(48)31(19-43)53-40)27(9)15-24(6)32(45)22(4)14-23(5)33(46)25(7)16-28(10)39(51)52-30(18-42)34(47)29(44)17-41/h13-16,20-22,25,27,29-38,40-50H,11-12,17-19H2,1-10H3/b23-14+,24-15+,26-13+,28-16+/t20-,21-,22+,25-,27-,29-,30-,31-,32-,33-,34-,35-,36+,37+,38-,40+/m1/s1. The summed E-state index contributed by atoms with van der Waals surface area (Å²) in [6.07, 6.45) is -5.59. The molecule has 1 aliphatic rings. The van der Waals surface area contributed by atoms with Crippen LogP contribution in [0.3, 0.4) is 0 Å². The molecule has 0 aliphatic carbocycles. The summed E-state index contributed by atoms with van der Waals surface area (Å²) in [5.74, 6) is -1.63. The lowest BCUT2D eigenvalue weighted by atomic mass is 9.87. The zero-order valence-electron chi connectivity index (χ0n) is 33.7. The van der Waals surface area contributed by atoms with E-state index in [4.69, 9.17) is 19.3 Å². The Morgan fingerprint density at radius 1 is 0.722 bits per heavy atom. The third kappa shape index (κ3) is 14.8. The van der Waals surface area contributed by atoms with Crippen molar-refractivity contribution in [1.29, 1.82) is 0 Å². The molecular weight excluding hydrogens is 704 g/mol. The Balaban J connectivity index is 3.23. The predicted octanol–water partition coefficient (Wildman–Crippen LogP) is 1.28. The Bertz CT molecular complexity index is 1250. The molecule has 54 heavy (non-hydrogen) atoms. The second-order valence-electron chi connectivity index (χ2n) is 15.4. The molecule has 14 heteroatoms. The quantitative estimate of drug-likeness (QED) is 0.0423. The van der Waals surface area contributed by atoms with Crippen LogP contribution in [0.5, 0.6) is 0 Å². The number of hydrogen-bond donors (Lipinski definition) is 10. The average molecular weight is 775 g/mol. The van der Waals surface area contributed by atoms with Crippen LogP contribution >= 0.6 is 0 Å². The molecule has 1 aliphatic heterocycles. The van der Waals surface area contributed by atoms with Gasteiger partial charge >= 0.3 is 5.97 Å². The van der Waals surface area contributed by atoms with E-state index < -0.39 is 105 Å². The van der Waals surface area contributed by atoms with Crippen LogP contribution in [0.15, 0.2) is 46.6 Å². The van der Waals surface area contributed by atoms with Crippen LogP contribution in [-0.4, -0.2) is 144 Å². The molecule has 0 bridgehead atoms. The van der Waals surface area contributed by atoms with Gasteiger partial charge in [0.1, 0.15) is 36.6 Å². The van der Waals surface area contributed by atoms with E-state index in [1.54, 1.807) is 33.8 Å². The number of rotatable bonds is 22. The maximum Gasteiger partial charge on any atom is 0.333 e.